The van der Waals surface area contributed by atoms with Gasteiger partial charge < -0.3 is 9.94 Å². The van der Waals surface area contributed by atoms with Crippen molar-refractivity contribution in [2.24, 2.45) is 10.6 Å². The lowest BCUT2D eigenvalue weighted by molar-refractivity contribution is 0.280. The van der Waals surface area contributed by atoms with Gasteiger partial charge in [-0.05, 0) is 43.9 Å². The van der Waals surface area contributed by atoms with Gasteiger partial charge in [-0.25, -0.2) is 0 Å². The van der Waals surface area contributed by atoms with E-state index < -0.39 is 0 Å². The maximum absolute atomic E-state index is 8.54. The highest BCUT2D eigenvalue weighted by molar-refractivity contribution is 5.63. The smallest absolute Gasteiger partial charge is 0.122 e. The molecule has 0 saturated heterocycles. The van der Waals surface area contributed by atoms with Crippen molar-refractivity contribution in [2.75, 3.05) is 6.61 Å². The third-order valence-electron chi connectivity index (χ3n) is 2.97. The third kappa shape index (κ3) is 4.78. The van der Waals surface area contributed by atoms with Crippen LogP contribution in [0.3, 0.4) is 0 Å². The Morgan fingerprint density at radius 3 is 2.72 bits per heavy atom. The Morgan fingerprint density at radius 1 is 1.33 bits per heavy atom. The molecule has 0 aromatic heterocycles. The van der Waals surface area contributed by atoms with Crippen LogP contribution < -0.4 is 4.74 Å². The van der Waals surface area contributed by atoms with Crippen molar-refractivity contribution >= 4 is 6.21 Å². The van der Waals surface area contributed by atoms with Crippen LogP contribution in [0.15, 0.2) is 23.4 Å². The highest BCUT2D eigenvalue weighted by atomic mass is 16.5. The van der Waals surface area contributed by atoms with Crippen molar-refractivity contribution in [2.45, 2.75) is 40.5 Å². The molecule has 3 nitrogen and oxygen atoms in total. The van der Waals surface area contributed by atoms with Crippen LogP contribution in [0.1, 0.15) is 37.8 Å². The van der Waals surface area contributed by atoms with Crippen molar-refractivity contribution in [1.29, 1.82) is 0 Å². The van der Waals surface area contributed by atoms with Gasteiger partial charge in [0.2, 0.25) is 0 Å². The lowest BCUT2D eigenvalue weighted by Gasteiger charge is -2.18. The van der Waals surface area contributed by atoms with Crippen LogP contribution in [-0.2, 0) is 0 Å². The number of ether oxygens (including phenoxy) is 1. The molecule has 3 heteroatoms. The Kier molecular flexibility index (Phi) is 5.20. The van der Waals surface area contributed by atoms with Gasteiger partial charge in [-0.2, -0.15) is 0 Å². The SMILES string of the molecule is Cc1ccc(C)c(OCCCC(C)(C)C=NO)c1. The Bertz CT molecular complexity index is 411. The number of nitrogens with zero attached hydrogens (tertiary/aromatic N) is 1. The van der Waals surface area contributed by atoms with E-state index in [1.165, 1.54) is 5.56 Å². The van der Waals surface area contributed by atoms with Gasteiger partial charge >= 0.3 is 0 Å². The monoisotopic (exact) mass is 249 g/mol. The number of hydrogen-bond acceptors (Lipinski definition) is 3. The standard InChI is InChI=1S/C15H23NO2/c1-12-6-7-13(2)14(10-12)18-9-5-8-15(3,4)11-16-17/h6-7,10-11,17H,5,8-9H2,1-4H3. The van der Waals surface area contributed by atoms with Gasteiger partial charge in [-0.3, -0.25) is 0 Å². The minimum atomic E-state index is -0.0836. The molecule has 0 fully saturated rings. The summed E-state index contributed by atoms with van der Waals surface area (Å²) in [4.78, 5) is 0. The predicted octanol–water partition coefficient (Wildman–Crippen LogP) is 3.95. The molecule has 0 atom stereocenters. The maximum Gasteiger partial charge on any atom is 0.122 e. The van der Waals surface area contributed by atoms with Gasteiger partial charge in [0.05, 0.1) is 6.61 Å². The topological polar surface area (TPSA) is 41.8 Å². The fraction of sp³-hybridized carbons (Fsp3) is 0.533. The number of oxime groups is 1. The predicted molar refractivity (Wildman–Crippen MR) is 74.7 cm³/mol. The highest BCUT2D eigenvalue weighted by Crippen LogP contribution is 2.22. The number of rotatable bonds is 6. The minimum absolute atomic E-state index is 0.0836. The van der Waals surface area contributed by atoms with Crippen LogP contribution >= 0.6 is 0 Å². The molecule has 0 saturated carbocycles. The van der Waals surface area contributed by atoms with E-state index in [9.17, 15) is 0 Å². The van der Waals surface area contributed by atoms with E-state index in [4.69, 9.17) is 9.94 Å². The van der Waals surface area contributed by atoms with Crippen LogP contribution in [0, 0.1) is 19.3 Å². The molecule has 0 bridgehead atoms. The molecule has 0 heterocycles. The summed E-state index contributed by atoms with van der Waals surface area (Å²) in [5.74, 6) is 0.962. The average molecular weight is 249 g/mol. The zero-order chi connectivity index (χ0) is 13.6. The fourth-order valence-corrected chi connectivity index (χ4v) is 1.79. The fourth-order valence-electron chi connectivity index (χ4n) is 1.79. The first-order chi connectivity index (χ1) is 8.44. The van der Waals surface area contributed by atoms with E-state index in [0.717, 1.165) is 24.2 Å². The molecule has 0 aliphatic rings. The number of hydrogen-bond donors (Lipinski definition) is 1. The van der Waals surface area contributed by atoms with Crippen LogP contribution in [0.5, 0.6) is 5.75 Å². The first kappa shape index (κ1) is 14.6. The second-order valence-electron chi connectivity index (χ2n) is 5.45. The molecule has 0 unspecified atom stereocenters. The molecular formula is C15H23NO2. The second-order valence-corrected chi connectivity index (χ2v) is 5.45. The second kappa shape index (κ2) is 6.43. The van der Waals surface area contributed by atoms with E-state index in [1.54, 1.807) is 6.21 Å². The van der Waals surface area contributed by atoms with Crippen molar-refractivity contribution < 1.29 is 9.94 Å². The summed E-state index contributed by atoms with van der Waals surface area (Å²) in [6, 6.07) is 6.23. The van der Waals surface area contributed by atoms with Gasteiger partial charge in [0.1, 0.15) is 5.75 Å². The summed E-state index contributed by atoms with van der Waals surface area (Å²) < 4.78 is 5.78. The van der Waals surface area contributed by atoms with E-state index in [0.29, 0.717) is 6.61 Å². The van der Waals surface area contributed by atoms with Gasteiger partial charge in [-0.1, -0.05) is 26.0 Å². The summed E-state index contributed by atoms with van der Waals surface area (Å²) in [5, 5.41) is 11.6. The lowest BCUT2D eigenvalue weighted by Crippen LogP contribution is -2.14. The normalized spacial score (nSPS) is 12.0. The molecule has 100 valence electrons. The van der Waals surface area contributed by atoms with Crippen molar-refractivity contribution in [3.8, 4) is 5.75 Å². The molecule has 0 spiro atoms. The van der Waals surface area contributed by atoms with E-state index in [-0.39, 0.29) is 5.41 Å². The van der Waals surface area contributed by atoms with Gasteiger partial charge in [0.15, 0.2) is 0 Å². The first-order valence-electron chi connectivity index (χ1n) is 6.33. The van der Waals surface area contributed by atoms with Gasteiger partial charge in [0, 0.05) is 11.6 Å². The summed E-state index contributed by atoms with van der Waals surface area (Å²) in [5.41, 5.74) is 2.29. The molecule has 0 radical (unpaired) electrons. The summed E-state index contributed by atoms with van der Waals surface area (Å²) in [7, 11) is 0. The Morgan fingerprint density at radius 2 is 2.06 bits per heavy atom. The average Bonchev–Trinajstić information content (AvgIpc) is 2.29. The van der Waals surface area contributed by atoms with Crippen LogP contribution in [0.2, 0.25) is 0 Å². The van der Waals surface area contributed by atoms with E-state index in [2.05, 4.69) is 37.2 Å². The molecular weight excluding hydrogens is 226 g/mol. The zero-order valence-electron chi connectivity index (χ0n) is 11.7. The maximum atomic E-state index is 8.54. The molecule has 0 aliphatic carbocycles. The zero-order valence-corrected chi connectivity index (χ0v) is 11.7. The molecule has 1 rings (SSSR count). The Labute approximate surface area is 109 Å². The molecule has 1 N–H and O–H groups in total. The van der Waals surface area contributed by atoms with Crippen LogP contribution in [0.4, 0.5) is 0 Å². The third-order valence-corrected chi connectivity index (χ3v) is 2.97. The molecule has 1 aromatic carbocycles. The molecule has 1 aromatic rings. The van der Waals surface area contributed by atoms with Gasteiger partial charge in [0.25, 0.3) is 0 Å². The van der Waals surface area contributed by atoms with Crippen LogP contribution in [-0.4, -0.2) is 18.0 Å². The van der Waals surface area contributed by atoms with Crippen LogP contribution in [0.25, 0.3) is 0 Å². The van der Waals surface area contributed by atoms with Gasteiger partial charge in [-0.15, -0.1) is 5.16 Å². The van der Waals surface area contributed by atoms with Crippen molar-refractivity contribution in [3.63, 3.8) is 0 Å². The summed E-state index contributed by atoms with van der Waals surface area (Å²) in [6.07, 6.45) is 3.44. The number of aryl methyl sites for hydroxylation is 2. The first-order valence-corrected chi connectivity index (χ1v) is 6.33. The molecule has 18 heavy (non-hydrogen) atoms. The van der Waals surface area contributed by atoms with Crippen molar-refractivity contribution in [3.05, 3.63) is 29.3 Å². The summed E-state index contributed by atoms with van der Waals surface area (Å²) in [6.45, 7) is 8.90. The Hall–Kier alpha value is -1.51. The quantitative estimate of drug-likeness (QED) is 0.359. The number of benzene rings is 1. The largest absolute Gasteiger partial charge is 0.493 e. The summed E-state index contributed by atoms with van der Waals surface area (Å²) >= 11 is 0. The molecule has 0 aliphatic heterocycles. The lowest BCUT2D eigenvalue weighted by atomic mass is 9.90. The van der Waals surface area contributed by atoms with Crippen molar-refractivity contribution in [1.82, 2.24) is 0 Å². The Balaban J connectivity index is 2.40. The molecule has 0 amide bonds. The minimum Gasteiger partial charge on any atom is -0.493 e. The van der Waals surface area contributed by atoms with E-state index >= 15 is 0 Å². The highest BCUT2D eigenvalue weighted by Gasteiger charge is 2.14. The van der Waals surface area contributed by atoms with E-state index in [1.807, 2.05) is 13.8 Å².